The monoisotopic (exact) mass is 958 g/mol. The fourth-order valence-electron chi connectivity index (χ4n) is 11.0. The van der Waals surface area contributed by atoms with Crippen molar-refractivity contribution in [2.24, 2.45) is 0 Å². The minimum absolute atomic E-state index is 0.181. The molecule has 6 nitrogen and oxygen atoms in total. The summed E-state index contributed by atoms with van der Waals surface area (Å²) >= 11 is 0. The molecule has 0 aliphatic heterocycles. The van der Waals surface area contributed by atoms with Gasteiger partial charge in [0.15, 0.2) is 0 Å². The molecule has 404 valence electrons. The van der Waals surface area contributed by atoms with E-state index in [-0.39, 0.29) is 6.10 Å². The van der Waals surface area contributed by atoms with Gasteiger partial charge >= 0.3 is 0 Å². The second-order valence-electron chi connectivity index (χ2n) is 22.2. The smallest absolute Gasteiger partial charge is 0.222 e. The van der Waals surface area contributed by atoms with Gasteiger partial charge in [-0.05, 0) is 77.3 Å². The predicted molar refractivity (Wildman–Crippen MR) is 299 cm³/mol. The summed E-state index contributed by atoms with van der Waals surface area (Å²) < 4.78 is 0. The van der Waals surface area contributed by atoms with Crippen molar-refractivity contribution in [3.05, 3.63) is 0 Å². The second kappa shape index (κ2) is 50.8. The van der Waals surface area contributed by atoms with Crippen LogP contribution in [-0.4, -0.2) is 83.0 Å². The lowest BCUT2D eigenvalue weighted by atomic mass is 9.91. The molecule has 1 rings (SSSR count). The van der Waals surface area contributed by atoms with Crippen molar-refractivity contribution < 1.29 is 14.7 Å². The summed E-state index contributed by atoms with van der Waals surface area (Å²) in [7, 11) is 0. The van der Waals surface area contributed by atoms with Crippen LogP contribution in [-0.2, 0) is 9.59 Å². The Kier molecular flexibility index (Phi) is 48.5. The van der Waals surface area contributed by atoms with Crippen LogP contribution < -0.4 is 0 Å². The van der Waals surface area contributed by atoms with Crippen LogP contribution in [0.25, 0.3) is 0 Å². The van der Waals surface area contributed by atoms with E-state index in [1.165, 1.54) is 250 Å². The normalized spacial score (nSPS) is 15.1. The molecule has 0 bridgehead atoms. The largest absolute Gasteiger partial charge is 0.391 e. The summed E-state index contributed by atoms with van der Waals surface area (Å²) in [5.41, 5.74) is 0. The number of carbonyl (C=O) groups excluding carboxylic acids is 2. The van der Waals surface area contributed by atoms with Crippen LogP contribution in [0.1, 0.15) is 336 Å². The second-order valence-corrected chi connectivity index (χ2v) is 22.2. The number of aliphatic hydroxyl groups excluding tert-OH is 1. The molecular weight excluding hydrogens is 835 g/mol. The van der Waals surface area contributed by atoms with Gasteiger partial charge in [-0.2, -0.15) is 0 Å². The third-order valence-electron chi connectivity index (χ3n) is 15.7. The Morgan fingerprint density at radius 2 is 0.559 bits per heavy atom. The lowest BCUT2D eigenvalue weighted by molar-refractivity contribution is -0.132. The third kappa shape index (κ3) is 39.5. The lowest BCUT2D eigenvalue weighted by Gasteiger charge is -2.38. The Morgan fingerprint density at radius 3 is 0.838 bits per heavy atom. The average Bonchev–Trinajstić information content (AvgIpc) is 3.34. The Morgan fingerprint density at radius 1 is 0.324 bits per heavy atom. The first-order valence-corrected chi connectivity index (χ1v) is 31.5. The van der Waals surface area contributed by atoms with Crippen molar-refractivity contribution in [3.63, 3.8) is 0 Å². The lowest BCUT2D eigenvalue weighted by Crippen LogP contribution is -2.46. The van der Waals surface area contributed by atoms with Crippen molar-refractivity contribution in [1.29, 1.82) is 0 Å². The zero-order valence-electron chi connectivity index (χ0n) is 46.9. The summed E-state index contributed by atoms with van der Waals surface area (Å²) in [4.78, 5) is 34.1. The predicted octanol–water partition coefficient (Wildman–Crippen LogP) is 18.5. The van der Waals surface area contributed by atoms with Crippen LogP contribution >= 0.6 is 0 Å². The molecule has 1 fully saturated rings. The van der Waals surface area contributed by atoms with E-state index in [4.69, 9.17) is 0 Å². The third-order valence-corrected chi connectivity index (χ3v) is 15.7. The molecule has 0 aromatic rings. The number of rotatable bonds is 53. The topological polar surface area (TPSA) is 64.1 Å². The first-order chi connectivity index (χ1) is 33.5. The first kappa shape index (κ1) is 64.9. The number of hydrogen-bond donors (Lipinski definition) is 1. The molecule has 0 aromatic carbocycles. The number of hydrogen-bond acceptors (Lipinski definition) is 4. The van der Waals surface area contributed by atoms with Crippen LogP contribution in [0, 0.1) is 0 Å². The molecule has 1 aliphatic rings. The van der Waals surface area contributed by atoms with E-state index < -0.39 is 0 Å². The fraction of sp³-hybridized carbons (Fsp3) is 0.968. The molecule has 0 heterocycles. The highest BCUT2D eigenvalue weighted by Crippen LogP contribution is 2.25. The summed E-state index contributed by atoms with van der Waals surface area (Å²) in [6.07, 6.45) is 59.5. The van der Waals surface area contributed by atoms with Gasteiger partial charge in [-0.15, -0.1) is 0 Å². The highest BCUT2D eigenvalue weighted by Gasteiger charge is 2.28. The number of nitrogens with zero attached hydrogens (tertiary/aromatic N) is 3. The van der Waals surface area contributed by atoms with Crippen LogP contribution in [0.5, 0.6) is 0 Å². The molecule has 0 radical (unpaired) electrons. The summed E-state index contributed by atoms with van der Waals surface area (Å²) in [6.45, 7) is 15.2. The van der Waals surface area contributed by atoms with Crippen molar-refractivity contribution >= 4 is 11.8 Å². The molecule has 1 saturated carbocycles. The number of aliphatic hydroxyl groups is 1. The fourth-order valence-corrected chi connectivity index (χ4v) is 11.0. The summed E-state index contributed by atoms with van der Waals surface area (Å²) in [5.74, 6) is 0.815. The zero-order valence-corrected chi connectivity index (χ0v) is 46.9. The molecular formula is C62H123N3O3. The first-order valence-electron chi connectivity index (χ1n) is 31.5. The van der Waals surface area contributed by atoms with Crippen LogP contribution in [0.15, 0.2) is 0 Å². The van der Waals surface area contributed by atoms with Crippen molar-refractivity contribution in [3.8, 4) is 0 Å². The van der Waals surface area contributed by atoms with Gasteiger partial charge in [0, 0.05) is 45.1 Å². The van der Waals surface area contributed by atoms with Gasteiger partial charge in [-0.25, -0.2) is 0 Å². The molecule has 6 heteroatoms. The zero-order chi connectivity index (χ0) is 49.2. The summed E-state index contributed by atoms with van der Waals surface area (Å²) in [5, 5.41) is 11.0. The van der Waals surface area contributed by atoms with Gasteiger partial charge in [0.1, 0.15) is 0 Å². The quantitative estimate of drug-likeness (QED) is 0.0617. The van der Waals surface area contributed by atoms with E-state index in [1.54, 1.807) is 0 Å². The Labute approximate surface area is 426 Å². The van der Waals surface area contributed by atoms with Crippen LogP contribution in [0.4, 0.5) is 0 Å². The van der Waals surface area contributed by atoms with Gasteiger partial charge in [-0.1, -0.05) is 259 Å². The maximum atomic E-state index is 13.5. The highest BCUT2D eigenvalue weighted by atomic mass is 16.3. The standard InChI is InChI=1S/C62H123N3O3/c1-5-9-13-17-21-25-33-45-55-64(56-46-34-26-22-18-14-10-6-2)61(67)51-39-31-29-37-43-53-63(59-49-41-42-50-60(59)66)54-44-38-30-32-40-52-62(68)65(57-47-35-27-23-19-15-11-7-3)58-48-36-28-24-20-16-12-8-4/h59-60,66H,5-58H2,1-4H3/t59-,60-/m1/s1. The number of carbonyl (C=O) groups is 2. The minimum Gasteiger partial charge on any atom is -0.391 e. The van der Waals surface area contributed by atoms with E-state index in [1.807, 2.05) is 0 Å². The number of unbranched alkanes of at least 4 members (excludes halogenated alkanes) is 36. The molecule has 2 amide bonds. The van der Waals surface area contributed by atoms with E-state index in [9.17, 15) is 14.7 Å². The maximum absolute atomic E-state index is 13.5. The molecule has 1 aliphatic carbocycles. The van der Waals surface area contributed by atoms with E-state index in [0.29, 0.717) is 17.9 Å². The molecule has 2 atom stereocenters. The molecule has 0 unspecified atom stereocenters. The molecule has 0 spiro atoms. The Hall–Kier alpha value is -1.14. The van der Waals surface area contributed by atoms with Crippen molar-refractivity contribution in [2.75, 3.05) is 39.3 Å². The molecule has 1 N–H and O–H groups in total. The Bertz CT molecular complexity index is 944. The average molecular weight is 959 g/mol. The van der Waals surface area contributed by atoms with Gasteiger partial charge in [0.2, 0.25) is 11.8 Å². The molecule has 68 heavy (non-hydrogen) atoms. The maximum Gasteiger partial charge on any atom is 0.222 e. The van der Waals surface area contributed by atoms with Crippen molar-refractivity contribution in [2.45, 2.75) is 348 Å². The Balaban J connectivity index is 2.45. The SMILES string of the molecule is CCCCCCCCCCN(CCCCCCCCCC)C(=O)CCCCCCCN(CCCCCCCC(=O)N(CCCCCCCCCC)CCCCCCCCCC)[C@@H]1CCCC[C@H]1O. The number of amides is 2. The van der Waals surface area contributed by atoms with Crippen LogP contribution in [0.3, 0.4) is 0 Å². The summed E-state index contributed by atoms with van der Waals surface area (Å²) in [6, 6.07) is 0.320. The van der Waals surface area contributed by atoms with Gasteiger partial charge in [0.25, 0.3) is 0 Å². The van der Waals surface area contributed by atoms with E-state index in [0.717, 1.165) is 97.1 Å². The van der Waals surface area contributed by atoms with E-state index in [2.05, 4.69) is 42.4 Å². The van der Waals surface area contributed by atoms with E-state index >= 15 is 0 Å². The molecule has 0 saturated heterocycles. The minimum atomic E-state index is -0.181. The highest BCUT2D eigenvalue weighted by molar-refractivity contribution is 5.76. The van der Waals surface area contributed by atoms with Gasteiger partial charge < -0.3 is 14.9 Å². The van der Waals surface area contributed by atoms with Crippen molar-refractivity contribution in [1.82, 2.24) is 14.7 Å². The van der Waals surface area contributed by atoms with Gasteiger partial charge in [0.05, 0.1) is 6.10 Å². The van der Waals surface area contributed by atoms with Crippen LogP contribution in [0.2, 0.25) is 0 Å². The molecule has 0 aromatic heterocycles. The van der Waals surface area contributed by atoms with Gasteiger partial charge in [-0.3, -0.25) is 14.5 Å².